The van der Waals surface area contributed by atoms with Crippen LogP contribution in [0.3, 0.4) is 0 Å². The van der Waals surface area contributed by atoms with E-state index in [2.05, 4.69) is 11.9 Å². The number of pyridine rings is 1. The third-order valence-electron chi connectivity index (χ3n) is 3.72. The number of hydrogen-bond acceptors (Lipinski definition) is 5. The number of nitro benzene ring substituents is 1. The molecule has 0 aliphatic rings. The summed E-state index contributed by atoms with van der Waals surface area (Å²) in [5.41, 5.74) is -0.182. The maximum atomic E-state index is 12.4. The third-order valence-corrected chi connectivity index (χ3v) is 3.72. The summed E-state index contributed by atoms with van der Waals surface area (Å²) in [6.07, 6.45) is 3.97. The summed E-state index contributed by atoms with van der Waals surface area (Å²) in [4.78, 5) is 25.5. The fourth-order valence-corrected chi connectivity index (χ4v) is 2.54. The predicted octanol–water partition coefficient (Wildman–Crippen LogP) is 4.18. The third kappa shape index (κ3) is 4.71. The van der Waals surface area contributed by atoms with Gasteiger partial charge in [-0.1, -0.05) is 26.2 Å². The van der Waals surface area contributed by atoms with Crippen LogP contribution in [0.25, 0.3) is 10.9 Å². The highest BCUT2D eigenvalue weighted by Gasteiger charge is 2.19. The second-order valence-corrected chi connectivity index (χ2v) is 6.18. The molecule has 0 saturated heterocycles. The van der Waals surface area contributed by atoms with Gasteiger partial charge in [-0.15, -0.1) is 0 Å². The maximum Gasteiger partial charge on any atom is 0.294 e. The molecule has 1 heterocycles. The van der Waals surface area contributed by atoms with Gasteiger partial charge in [0, 0.05) is 17.5 Å². The Hall–Kier alpha value is -2.57. The van der Waals surface area contributed by atoms with Gasteiger partial charge in [-0.05, 0) is 26.3 Å². The number of ether oxygens (including phenoxy) is 2. The molecule has 0 spiro atoms. The second kappa shape index (κ2) is 8.50. The summed E-state index contributed by atoms with van der Waals surface area (Å²) >= 11 is 0. The Morgan fingerprint density at radius 2 is 1.96 bits per heavy atom. The van der Waals surface area contributed by atoms with Gasteiger partial charge in [0.2, 0.25) is 5.75 Å². The molecule has 136 valence electrons. The monoisotopic (exact) mass is 348 g/mol. The van der Waals surface area contributed by atoms with Gasteiger partial charge < -0.3 is 14.5 Å². The van der Waals surface area contributed by atoms with Gasteiger partial charge in [0.25, 0.3) is 11.2 Å². The molecule has 1 aromatic heterocycles. The van der Waals surface area contributed by atoms with Crippen LogP contribution < -0.4 is 15.0 Å². The Kier molecular flexibility index (Phi) is 6.38. The highest BCUT2D eigenvalue weighted by Crippen LogP contribution is 2.34. The molecule has 2 aromatic rings. The van der Waals surface area contributed by atoms with E-state index in [4.69, 9.17) is 9.47 Å². The van der Waals surface area contributed by atoms with E-state index in [1.807, 2.05) is 13.8 Å². The number of unbranched alkanes of at least 4 members (excludes halogenated alkanes) is 3. The zero-order valence-electron chi connectivity index (χ0n) is 14.8. The van der Waals surface area contributed by atoms with Crippen molar-refractivity contribution in [2.24, 2.45) is 0 Å². The van der Waals surface area contributed by atoms with Crippen LogP contribution in [0.15, 0.2) is 23.0 Å². The number of hydrogen-bond donors (Lipinski definition) is 1. The Morgan fingerprint density at radius 3 is 2.60 bits per heavy atom. The van der Waals surface area contributed by atoms with Crippen LogP contribution >= 0.6 is 0 Å². The zero-order chi connectivity index (χ0) is 18.4. The van der Waals surface area contributed by atoms with E-state index in [0.717, 1.165) is 25.7 Å². The van der Waals surface area contributed by atoms with E-state index in [0.29, 0.717) is 23.3 Å². The number of rotatable bonds is 9. The van der Waals surface area contributed by atoms with Gasteiger partial charge in [0.15, 0.2) is 5.75 Å². The SMILES string of the molecule is CCCCCCOc1c(OC(C)C)c(=O)[nH]c2cc([N+](=O)[O-])ccc12. The summed E-state index contributed by atoms with van der Waals surface area (Å²) in [5, 5.41) is 11.6. The van der Waals surface area contributed by atoms with Crippen LogP contribution in [-0.2, 0) is 0 Å². The maximum absolute atomic E-state index is 12.4. The Bertz CT molecular complexity index is 798. The Balaban J connectivity index is 2.43. The summed E-state index contributed by atoms with van der Waals surface area (Å²) in [6.45, 7) is 6.24. The largest absolute Gasteiger partial charge is 0.489 e. The van der Waals surface area contributed by atoms with Crippen molar-refractivity contribution < 1.29 is 14.4 Å². The first kappa shape index (κ1) is 18.8. The zero-order valence-corrected chi connectivity index (χ0v) is 14.8. The Labute approximate surface area is 146 Å². The molecule has 0 aliphatic heterocycles. The van der Waals surface area contributed by atoms with Crippen molar-refractivity contribution in [3.8, 4) is 11.5 Å². The van der Waals surface area contributed by atoms with E-state index in [-0.39, 0.29) is 17.5 Å². The number of H-pyrrole nitrogens is 1. The second-order valence-electron chi connectivity index (χ2n) is 6.18. The van der Waals surface area contributed by atoms with Crippen molar-refractivity contribution in [1.82, 2.24) is 4.98 Å². The molecule has 1 aromatic carbocycles. The van der Waals surface area contributed by atoms with Crippen LogP contribution in [0.1, 0.15) is 46.5 Å². The van der Waals surface area contributed by atoms with Gasteiger partial charge in [0.1, 0.15) is 0 Å². The van der Waals surface area contributed by atoms with Crippen molar-refractivity contribution in [1.29, 1.82) is 0 Å². The van der Waals surface area contributed by atoms with Gasteiger partial charge in [-0.25, -0.2) is 0 Å². The summed E-state index contributed by atoms with van der Waals surface area (Å²) < 4.78 is 11.5. The van der Waals surface area contributed by atoms with Gasteiger partial charge in [0.05, 0.1) is 23.2 Å². The normalized spacial score (nSPS) is 11.0. The quantitative estimate of drug-likeness (QED) is 0.417. The summed E-state index contributed by atoms with van der Waals surface area (Å²) in [6, 6.07) is 4.31. The fourth-order valence-electron chi connectivity index (χ4n) is 2.54. The first-order valence-corrected chi connectivity index (χ1v) is 8.58. The minimum Gasteiger partial charge on any atom is -0.489 e. The van der Waals surface area contributed by atoms with Gasteiger partial charge in [-0.3, -0.25) is 14.9 Å². The highest BCUT2D eigenvalue weighted by atomic mass is 16.6. The van der Waals surface area contributed by atoms with Gasteiger partial charge in [-0.2, -0.15) is 0 Å². The smallest absolute Gasteiger partial charge is 0.294 e. The van der Waals surface area contributed by atoms with Crippen LogP contribution in [-0.4, -0.2) is 22.6 Å². The number of aromatic nitrogens is 1. The molecule has 0 unspecified atom stereocenters. The van der Waals surface area contributed by atoms with E-state index in [1.165, 1.54) is 12.1 Å². The van der Waals surface area contributed by atoms with Crippen molar-refractivity contribution in [3.63, 3.8) is 0 Å². The minimum absolute atomic E-state index is 0.0884. The van der Waals surface area contributed by atoms with Gasteiger partial charge >= 0.3 is 0 Å². The first-order valence-electron chi connectivity index (χ1n) is 8.58. The molecule has 0 fully saturated rings. The molecule has 0 saturated carbocycles. The van der Waals surface area contributed by atoms with E-state index in [1.54, 1.807) is 6.07 Å². The van der Waals surface area contributed by atoms with Crippen LogP contribution in [0.4, 0.5) is 5.69 Å². The first-order chi connectivity index (χ1) is 11.9. The van der Waals surface area contributed by atoms with E-state index in [9.17, 15) is 14.9 Å². The standard InChI is InChI=1S/C18H24N2O5/c1-4-5-6-7-10-24-16-14-9-8-13(20(22)23)11-15(14)19-18(21)17(16)25-12(2)3/h8-9,11-12H,4-7,10H2,1-3H3,(H,19,21). The molecule has 0 amide bonds. The molecule has 0 bridgehead atoms. The Morgan fingerprint density at radius 1 is 1.20 bits per heavy atom. The van der Waals surface area contributed by atoms with Crippen LogP contribution in [0.2, 0.25) is 0 Å². The molecule has 2 rings (SSSR count). The summed E-state index contributed by atoms with van der Waals surface area (Å²) in [5.74, 6) is 0.464. The molecule has 0 atom stereocenters. The molecular weight excluding hydrogens is 324 g/mol. The van der Waals surface area contributed by atoms with Crippen molar-refractivity contribution in [2.75, 3.05) is 6.61 Å². The molecule has 1 N–H and O–H groups in total. The van der Waals surface area contributed by atoms with E-state index < -0.39 is 10.5 Å². The average Bonchev–Trinajstić information content (AvgIpc) is 2.56. The lowest BCUT2D eigenvalue weighted by molar-refractivity contribution is -0.384. The van der Waals surface area contributed by atoms with E-state index >= 15 is 0 Å². The molecule has 0 aliphatic carbocycles. The highest BCUT2D eigenvalue weighted by molar-refractivity contribution is 5.88. The summed E-state index contributed by atoms with van der Waals surface area (Å²) in [7, 11) is 0. The minimum atomic E-state index is -0.498. The van der Waals surface area contributed by atoms with Crippen molar-refractivity contribution >= 4 is 16.6 Å². The number of fused-ring (bicyclic) bond motifs is 1. The number of nitrogens with zero attached hydrogens (tertiary/aromatic N) is 1. The fraction of sp³-hybridized carbons (Fsp3) is 0.500. The molecular formula is C18H24N2O5. The number of benzene rings is 1. The number of nitrogens with one attached hydrogen (secondary N) is 1. The number of non-ortho nitro benzene ring substituents is 1. The topological polar surface area (TPSA) is 94.5 Å². The van der Waals surface area contributed by atoms with Crippen LogP contribution in [0.5, 0.6) is 11.5 Å². The van der Waals surface area contributed by atoms with Crippen LogP contribution in [0, 0.1) is 10.1 Å². The molecule has 7 heteroatoms. The molecule has 0 radical (unpaired) electrons. The number of aromatic amines is 1. The van der Waals surface area contributed by atoms with Crippen molar-refractivity contribution in [2.45, 2.75) is 52.6 Å². The van der Waals surface area contributed by atoms with Crippen molar-refractivity contribution in [3.05, 3.63) is 38.7 Å². The predicted molar refractivity (Wildman–Crippen MR) is 96.6 cm³/mol. The lowest BCUT2D eigenvalue weighted by atomic mass is 10.1. The lowest BCUT2D eigenvalue weighted by Crippen LogP contribution is -2.18. The average molecular weight is 348 g/mol. The lowest BCUT2D eigenvalue weighted by Gasteiger charge is -2.16. The molecule has 25 heavy (non-hydrogen) atoms. The number of nitro groups is 1. The molecule has 7 nitrogen and oxygen atoms in total.